The molecule has 1 aromatic carbocycles. The van der Waals surface area contributed by atoms with E-state index in [0.717, 1.165) is 29.5 Å². The Bertz CT molecular complexity index is 1150. The summed E-state index contributed by atoms with van der Waals surface area (Å²) in [6.45, 7) is 3.25. The maximum absolute atomic E-state index is 13.2. The van der Waals surface area contributed by atoms with Gasteiger partial charge in [-0.2, -0.15) is 0 Å². The Balaban J connectivity index is 1.46. The number of anilines is 2. The predicted octanol–water partition coefficient (Wildman–Crippen LogP) is 3.32. The van der Waals surface area contributed by atoms with Crippen LogP contribution in [0.1, 0.15) is 30.7 Å². The third kappa shape index (κ3) is 2.78. The summed E-state index contributed by atoms with van der Waals surface area (Å²) in [6, 6.07) is 7.27. The molecule has 0 unspecified atom stereocenters. The number of rotatable bonds is 3. The molecule has 3 aromatic rings. The Hall–Kier alpha value is -3.00. The van der Waals surface area contributed by atoms with Crippen molar-refractivity contribution in [1.29, 1.82) is 0 Å². The van der Waals surface area contributed by atoms with Crippen LogP contribution in [0.5, 0.6) is 5.88 Å². The van der Waals surface area contributed by atoms with Crippen LogP contribution < -0.4 is 15.0 Å². The van der Waals surface area contributed by atoms with Gasteiger partial charge >= 0.3 is 0 Å². The zero-order valence-electron chi connectivity index (χ0n) is 16.2. The molecule has 1 aliphatic carbocycles. The lowest BCUT2D eigenvalue weighted by molar-refractivity contribution is -0.127. The van der Waals surface area contributed by atoms with Crippen molar-refractivity contribution in [3.8, 4) is 5.88 Å². The Morgan fingerprint density at radius 3 is 2.97 bits per heavy atom. The number of aryl methyl sites for hydroxylation is 2. The van der Waals surface area contributed by atoms with Gasteiger partial charge in [0.05, 0.1) is 16.8 Å². The van der Waals surface area contributed by atoms with Crippen LogP contribution >= 0.6 is 11.3 Å². The molecule has 8 heteroatoms. The largest absolute Gasteiger partial charge is 0.467 e. The molecule has 0 fully saturated rings. The van der Waals surface area contributed by atoms with Crippen LogP contribution in [-0.2, 0) is 22.4 Å². The summed E-state index contributed by atoms with van der Waals surface area (Å²) in [5, 5.41) is 3.79. The van der Waals surface area contributed by atoms with Gasteiger partial charge in [0.15, 0.2) is 6.61 Å². The number of amides is 2. The zero-order chi connectivity index (χ0) is 20.2. The maximum atomic E-state index is 13.2. The molecule has 2 aromatic heterocycles. The average molecular weight is 408 g/mol. The second-order valence-electron chi connectivity index (χ2n) is 7.76. The fourth-order valence-electron chi connectivity index (χ4n) is 4.10. The molecule has 0 saturated heterocycles. The second-order valence-corrected chi connectivity index (χ2v) is 8.85. The highest BCUT2D eigenvalue weighted by Gasteiger charge is 2.43. The van der Waals surface area contributed by atoms with Gasteiger partial charge in [-0.15, -0.1) is 11.3 Å². The van der Waals surface area contributed by atoms with Gasteiger partial charge in [0.25, 0.3) is 5.91 Å². The minimum atomic E-state index is -1.03. The molecule has 1 N–H and O–H groups in total. The van der Waals surface area contributed by atoms with Gasteiger partial charge in [0.1, 0.15) is 16.7 Å². The van der Waals surface area contributed by atoms with Crippen molar-refractivity contribution >= 4 is 44.7 Å². The molecule has 0 radical (unpaired) electrons. The van der Waals surface area contributed by atoms with E-state index >= 15 is 0 Å². The van der Waals surface area contributed by atoms with Gasteiger partial charge in [0, 0.05) is 4.88 Å². The Labute approximate surface area is 171 Å². The first-order chi connectivity index (χ1) is 14.0. The van der Waals surface area contributed by atoms with E-state index in [2.05, 4.69) is 15.3 Å². The second kappa shape index (κ2) is 6.52. The molecule has 3 heterocycles. The number of nitrogens with zero attached hydrogens (tertiary/aromatic N) is 3. The number of carbonyl (C=O) groups is 2. The number of benzene rings is 1. The van der Waals surface area contributed by atoms with Gasteiger partial charge in [-0.3, -0.25) is 14.5 Å². The lowest BCUT2D eigenvalue weighted by Crippen LogP contribution is -2.59. The third-order valence-electron chi connectivity index (χ3n) is 5.56. The molecule has 7 nitrogen and oxygen atoms in total. The molecule has 0 spiro atoms. The van der Waals surface area contributed by atoms with Crippen molar-refractivity contribution in [2.75, 3.05) is 16.8 Å². The number of para-hydroxylation sites is 2. The van der Waals surface area contributed by atoms with E-state index in [1.54, 1.807) is 31.3 Å². The van der Waals surface area contributed by atoms with Crippen LogP contribution in [0.4, 0.5) is 11.4 Å². The van der Waals surface area contributed by atoms with Crippen molar-refractivity contribution in [3.63, 3.8) is 0 Å². The molecular formula is C21H20N4O3S. The van der Waals surface area contributed by atoms with Gasteiger partial charge in [0.2, 0.25) is 11.8 Å². The van der Waals surface area contributed by atoms with Gasteiger partial charge in [-0.05, 0) is 50.8 Å². The van der Waals surface area contributed by atoms with Crippen LogP contribution in [-0.4, -0.2) is 33.9 Å². The molecule has 148 valence electrons. The quantitative estimate of drug-likeness (QED) is 0.719. The number of carbonyl (C=O) groups excluding carboxylic acids is 2. The van der Waals surface area contributed by atoms with E-state index in [-0.39, 0.29) is 18.4 Å². The van der Waals surface area contributed by atoms with E-state index in [0.29, 0.717) is 17.3 Å². The molecule has 0 saturated carbocycles. The molecule has 2 aliphatic rings. The standard InChI is InChI=1S/C21H20N4O3S/c1-21(2)20(27)24-13-7-3-4-8-14(13)25(21)16(26)10-28-18-17-12-6-5-9-15(12)29-19(17)23-11-22-18/h3-4,7-8,11H,5-6,9-10H2,1-2H3,(H,24,27). The number of nitrogens with one attached hydrogen (secondary N) is 1. The van der Waals surface area contributed by atoms with Crippen LogP contribution in [0.25, 0.3) is 10.2 Å². The Kier molecular flexibility index (Phi) is 4.06. The summed E-state index contributed by atoms with van der Waals surface area (Å²) in [5.74, 6) is -0.0872. The fourth-order valence-corrected chi connectivity index (χ4v) is 5.32. The highest BCUT2D eigenvalue weighted by molar-refractivity contribution is 7.18. The maximum Gasteiger partial charge on any atom is 0.265 e. The summed E-state index contributed by atoms with van der Waals surface area (Å²) < 4.78 is 5.89. The number of hydrogen-bond acceptors (Lipinski definition) is 6. The predicted molar refractivity (Wildman–Crippen MR) is 112 cm³/mol. The van der Waals surface area contributed by atoms with Crippen molar-refractivity contribution in [2.24, 2.45) is 0 Å². The minimum Gasteiger partial charge on any atom is -0.467 e. The van der Waals surface area contributed by atoms with Crippen LogP contribution in [0, 0.1) is 0 Å². The zero-order valence-corrected chi connectivity index (χ0v) is 17.0. The molecule has 1 aliphatic heterocycles. The summed E-state index contributed by atoms with van der Waals surface area (Å²) in [5.41, 5.74) is 1.50. The number of thiophene rings is 1. The molecular weight excluding hydrogens is 388 g/mol. The first kappa shape index (κ1) is 18.1. The summed E-state index contributed by atoms with van der Waals surface area (Å²) >= 11 is 1.67. The van der Waals surface area contributed by atoms with Crippen LogP contribution in [0.2, 0.25) is 0 Å². The van der Waals surface area contributed by atoms with Crippen molar-refractivity contribution < 1.29 is 14.3 Å². The van der Waals surface area contributed by atoms with Gasteiger partial charge in [-0.1, -0.05) is 12.1 Å². The van der Waals surface area contributed by atoms with E-state index < -0.39 is 5.54 Å². The van der Waals surface area contributed by atoms with Gasteiger partial charge in [-0.25, -0.2) is 9.97 Å². The average Bonchev–Trinajstić information content (AvgIpc) is 3.28. The first-order valence-corrected chi connectivity index (χ1v) is 10.4. The van der Waals surface area contributed by atoms with Crippen molar-refractivity contribution in [3.05, 3.63) is 41.0 Å². The topological polar surface area (TPSA) is 84.4 Å². The fraction of sp³-hybridized carbons (Fsp3) is 0.333. The SMILES string of the molecule is CC1(C)C(=O)Nc2ccccc2N1C(=O)COc1ncnc2sc3c(c12)CCC3. The van der Waals surface area contributed by atoms with Crippen molar-refractivity contribution in [2.45, 2.75) is 38.6 Å². The molecule has 2 amide bonds. The lowest BCUT2D eigenvalue weighted by Gasteiger charge is -2.41. The van der Waals surface area contributed by atoms with E-state index in [1.165, 1.54) is 21.7 Å². The lowest BCUT2D eigenvalue weighted by atomic mass is 9.96. The monoisotopic (exact) mass is 408 g/mol. The summed E-state index contributed by atoms with van der Waals surface area (Å²) in [6.07, 6.45) is 4.64. The molecule has 0 bridgehead atoms. The Morgan fingerprint density at radius 2 is 2.10 bits per heavy atom. The van der Waals surface area contributed by atoms with E-state index in [9.17, 15) is 9.59 Å². The smallest absolute Gasteiger partial charge is 0.265 e. The summed E-state index contributed by atoms with van der Waals surface area (Å²) in [7, 11) is 0. The summed E-state index contributed by atoms with van der Waals surface area (Å²) in [4.78, 5) is 38.2. The van der Waals surface area contributed by atoms with Gasteiger partial charge < -0.3 is 10.1 Å². The highest BCUT2D eigenvalue weighted by Crippen LogP contribution is 2.40. The number of aromatic nitrogens is 2. The molecule has 5 rings (SSSR count). The number of ether oxygens (including phenoxy) is 1. The minimum absolute atomic E-state index is 0.207. The highest BCUT2D eigenvalue weighted by atomic mass is 32.1. The normalized spacial score (nSPS) is 17.0. The van der Waals surface area contributed by atoms with Crippen LogP contribution in [0.3, 0.4) is 0 Å². The Morgan fingerprint density at radius 1 is 1.28 bits per heavy atom. The van der Waals surface area contributed by atoms with E-state index in [1.807, 2.05) is 18.2 Å². The third-order valence-corrected chi connectivity index (χ3v) is 6.76. The van der Waals surface area contributed by atoms with E-state index in [4.69, 9.17) is 4.74 Å². The molecule has 29 heavy (non-hydrogen) atoms. The first-order valence-electron chi connectivity index (χ1n) is 9.58. The molecule has 0 atom stereocenters. The number of hydrogen-bond donors (Lipinski definition) is 1. The van der Waals surface area contributed by atoms with Crippen LogP contribution in [0.15, 0.2) is 30.6 Å². The van der Waals surface area contributed by atoms with Crippen molar-refractivity contribution in [1.82, 2.24) is 9.97 Å². The number of fused-ring (bicyclic) bond motifs is 4.